The van der Waals surface area contributed by atoms with Gasteiger partial charge in [0.05, 0.1) is 0 Å². The van der Waals surface area contributed by atoms with Crippen LogP contribution in [0.4, 0.5) is 4.79 Å². The summed E-state index contributed by atoms with van der Waals surface area (Å²) in [7, 11) is 1.67. The number of nitrogens with zero attached hydrogens (tertiary/aromatic N) is 1. The number of amides is 3. The zero-order valence-corrected chi connectivity index (χ0v) is 10.3. The molecule has 1 unspecified atom stereocenters. The maximum absolute atomic E-state index is 11.7. The van der Waals surface area contributed by atoms with E-state index in [9.17, 15) is 9.59 Å². The molecule has 1 saturated heterocycles. The van der Waals surface area contributed by atoms with Crippen LogP contribution < -0.4 is 5.32 Å². The van der Waals surface area contributed by atoms with Crippen molar-refractivity contribution in [2.75, 3.05) is 7.05 Å². The summed E-state index contributed by atoms with van der Waals surface area (Å²) >= 11 is 0. The summed E-state index contributed by atoms with van der Waals surface area (Å²) in [6, 6.07) is -0.688. The van der Waals surface area contributed by atoms with Crippen LogP contribution in [0.3, 0.4) is 0 Å². The lowest BCUT2D eigenvalue weighted by atomic mass is 9.64. The molecule has 0 bridgehead atoms. The Morgan fingerprint density at radius 2 is 1.60 bits per heavy atom. The standard InChI is InChI=1S/C11H20N2O2/c1-10(2,3)11(4,5)7-8(14)12-9(15)13(7)6/h7H,1-6H3,(H,12,14,15). The fourth-order valence-corrected chi connectivity index (χ4v) is 1.78. The Hall–Kier alpha value is -1.06. The molecule has 1 fully saturated rings. The molecule has 1 aliphatic rings. The minimum Gasteiger partial charge on any atom is -0.315 e. The van der Waals surface area contributed by atoms with E-state index >= 15 is 0 Å². The van der Waals surface area contributed by atoms with Gasteiger partial charge in [0.2, 0.25) is 0 Å². The lowest BCUT2D eigenvalue weighted by molar-refractivity contribution is -0.126. The van der Waals surface area contributed by atoms with Crippen LogP contribution in [0.25, 0.3) is 0 Å². The van der Waals surface area contributed by atoms with Crippen molar-refractivity contribution in [3.63, 3.8) is 0 Å². The molecular weight excluding hydrogens is 192 g/mol. The molecule has 86 valence electrons. The van der Waals surface area contributed by atoms with Gasteiger partial charge in [0.25, 0.3) is 5.91 Å². The molecule has 15 heavy (non-hydrogen) atoms. The molecule has 0 saturated carbocycles. The first-order valence-electron chi connectivity index (χ1n) is 5.16. The summed E-state index contributed by atoms with van der Waals surface area (Å²) in [6.07, 6.45) is 0. The molecule has 4 nitrogen and oxygen atoms in total. The third kappa shape index (κ3) is 1.73. The molecular formula is C11H20N2O2. The van der Waals surface area contributed by atoms with E-state index in [1.807, 2.05) is 13.8 Å². The normalized spacial score (nSPS) is 23.3. The molecule has 0 radical (unpaired) electrons. The molecule has 0 aromatic rings. The first-order chi connectivity index (χ1) is 6.59. The first-order valence-corrected chi connectivity index (χ1v) is 5.16. The van der Waals surface area contributed by atoms with Gasteiger partial charge in [-0.3, -0.25) is 10.1 Å². The SMILES string of the molecule is CN1C(=O)NC(=O)C1C(C)(C)C(C)(C)C. The molecule has 1 atom stereocenters. The van der Waals surface area contributed by atoms with Crippen molar-refractivity contribution in [3.8, 4) is 0 Å². The predicted molar refractivity (Wildman–Crippen MR) is 58.3 cm³/mol. The zero-order chi connectivity index (χ0) is 12.0. The van der Waals surface area contributed by atoms with E-state index in [1.54, 1.807) is 7.05 Å². The van der Waals surface area contributed by atoms with Crippen LogP contribution in [0.5, 0.6) is 0 Å². The van der Waals surface area contributed by atoms with Gasteiger partial charge < -0.3 is 4.90 Å². The van der Waals surface area contributed by atoms with Crippen molar-refractivity contribution in [2.45, 2.75) is 40.7 Å². The van der Waals surface area contributed by atoms with Gasteiger partial charge in [-0.15, -0.1) is 0 Å². The van der Waals surface area contributed by atoms with Crippen LogP contribution >= 0.6 is 0 Å². The zero-order valence-electron chi connectivity index (χ0n) is 10.3. The Morgan fingerprint density at radius 3 is 1.87 bits per heavy atom. The summed E-state index contributed by atoms with van der Waals surface area (Å²) in [4.78, 5) is 24.6. The summed E-state index contributed by atoms with van der Waals surface area (Å²) in [5.41, 5.74) is -0.314. The van der Waals surface area contributed by atoms with Crippen molar-refractivity contribution in [1.29, 1.82) is 0 Å². The highest BCUT2D eigenvalue weighted by molar-refractivity contribution is 6.04. The van der Waals surface area contributed by atoms with Gasteiger partial charge in [0.15, 0.2) is 0 Å². The van der Waals surface area contributed by atoms with Crippen molar-refractivity contribution < 1.29 is 9.59 Å². The Bertz CT molecular complexity index is 302. The van der Waals surface area contributed by atoms with E-state index in [0.717, 1.165) is 0 Å². The molecule has 0 spiro atoms. The third-order valence-electron chi connectivity index (χ3n) is 3.80. The van der Waals surface area contributed by atoms with Crippen LogP contribution in [0.2, 0.25) is 0 Å². The quantitative estimate of drug-likeness (QED) is 0.671. The highest BCUT2D eigenvalue weighted by Crippen LogP contribution is 2.43. The lowest BCUT2D eigenvalue weighted by Gasteiger charge is -2.44. The maximum atomic E-state index is 11.7. The number of rotatable bonds is 1. The average Bonchev–Trinajstić information content (AvgIpc) is 2.24. The highest BCUT2D eigenvalue weighted by Gasteiger charge is 2.50. The fourth-order valence-electron chi connectivity index (χ4n) is 1.78. The highest BCUT2D eigenvalue weighted by atomic mass is 16.2. The second-order valence-electron chi connectivity index (χ2n) is 5.78. The van der Waals surface area contributed by atoms with Crippen LogP contribution in [-0.2, 0) is 4.79 Å². The average molecular weight is 212 g/mol. The predicted octanol–water partition coefficient (Wildman–Crippen LogP) is 1.61. The fraction of sp³-hybridized carbons (Fsp3) is 0.818. The van der Waals surface area contributed by atoms with Crippen molar-refractivity contribution in [2.24, 2.45) is 10.8 Å². The number of imide groups is 1. The molecule has 1 aliphatic heterocycles. The second-order valence-corrected chi connectivity index (χ2v) is 5.78. The Morgan fingerprint density at radius 1 is 1.13 bits per heavy atom. The van der Waals surface area contributed by atoms with Gasteiger partial charge in [-0.05, 0) is 10.8 Å². The largest absolute Gasteiger partial charge is 0.324 e. The third-order valence-corrected chi connectivity index (χ3v) is 3.80. The Kier molecular flexibility index (Phi) is 2.58. The molecule has 1 N–H and O–H groups in total. The molecule has 3 amide bonds. The van der Waals surface area contributed by atoms with Gasteiger partial charge in [0.1, 0.15) is 6.04 Å². The van der Waals surface area contributed by atoms with Gasteiger partial charge in [0, 0.05) is 7.05 Å². The van der Waals surface area contributed by atoms with E-state index in [2.05, 4.69) is 26.1 Å². The molecule has 1 heterocycles. The van der Waals surface area contributed by atoms with Crippen molar-refractivity contribution >= 4 is 11.9 Å². The number of nitrogens with one attached hydrogen (secondary N) is 1. The molecule has 0 aromatic carbocycles. The van der Waals surface area contributed by atoms with Gasteiger partial charge in [-0.2, -0.15) is 0 Å². The number of hydrogen-bond acceptors (Lipinski definition) is 2. The van der Waals surface area contributed by atoms with Crippen molar-refractivity contribution in [3.05, 3.63) is 0 Å². The number of hydrogen-bond donors (Lipinski definition) is 1. The van der Waals surface area contributed by atoms with Crippen LogP contribution in [-0.4, -0.2) is 29.9 Å². The summed E-state index contributed by atoms with van der Waals surface area (Å²) < 4.78 is 0. The minimum absolute atomic E-state index is 0.0477. The van der Waals surface area contributed by atoms with E-state index in [4.69, 9.17) is 0 Å². The Labute approximate surface area is 91.0 Å². The smallest absolute Gasteiger partial charge is 0.315 e. The van der Waals surface area contributed by atoms with E-state index in [0.29, 0.717) is 0 Å². The number of urea groups is 1. The van der Waals surface area contributed by atoms with E-state index < -0.39 is 0 Å². The minimum atomic E-state index is -0.384. The van der Waals surface area contributed by atoms with Crippen LogP contribution in [0.15, 0.2) is 0 Å². The first kappa shape index (κ1) is 12.0. The molecule has 1 rings (SSSR count). The number of carbonyl (C=O) groups excluding carboxylic acids is 2. The summed E-state index contributed by atoms with van der Waals surface area (Å²) in [5, 5.41) is 2.34. The topological polar surface area (TPSA) is 49.4 Å². The van der Waals surface area contributed by atoms with Gasteiger partial charge >= 0.3 is 6.03 Å². The summed E-state index contributed by atoms with van der Waals surface area (Å²) in [5.74, 6) is -0.192. The monoisotopic (exact) mass is 212 g/mol. The van der Waals surface area contributed by atoms with E-state index in [1.165, 1.54) is 4.90 Å². The second kappa shape index (κ2) is 3.22. The summed E-state index contributed by atoms with van der Waals surface area (Å²) in [6.45, 7) is 10.3. The van der Waals surface area contributed by atoms with Crippen LogP contribution in [0, 0.1) is 10.8 Å². The Balaban J connectivity index is 3.08. The van der Waals surface area contributed by atoms with Crippen LogP contribution in [0.1, 0.15) is 34.6 Å². The molecule has 0 aliphatic carbocycles. The van der Waals surface area contributed by atoms with E-state index in [-0.39, 0.29) is 28.8 Å². The van der Waals surface area contributed by atoms with Gasteiger partial charge in [-0.25, -0.2) is 4.79 Å². The molecule has 0 aromatic heterocycles. The molecule has 4 heteroatoms. The number of carbonyl (C=O) groups is 2. The maximum Gasteiger partial charge on any atom is 0.324 e. The lowest BCUT2D eigenvalue weighted by Crippen LogP contribution is -2.50. The van der Waals surface area contributed by atoms with Crippen molar-refractivity contribution in [1.82, 2.24) is 10.2 Å². The van der Waals surface area contributed by atoms with Gasteiger partial charge in [-0.1, -0.05) is 34.6 Å². The number of likely N-dealkylation sites (N-methyl/N-ethyl adjacent to an activating group) is 1.